The average Bonchev–Trinajstić information content (AvgIpc) is 2.66. The van der Waals surface area contributed by atoms with Gasteiger partial charge in [0, 0.05) is 30.3 Å². The van der Waals surface area contributed by atoms with E-state index in [2.05, 4.69) is 5.32 Å². The van der Waals surface area contributed by atoms with Crippen LogP contribution < -0.4 is 5.32 Å². The maximum Gasteiger partial charge on any atom is 0.254 e. The molecule has 142 valence electrons. The number of aromatic hydroxyl groups is 3. The minimum atomic E-state index is -0.672. The summed E-state index contributed by atoms with van der Waals surface area (Å²) in [5.74, 6) is -2.91. The summed E-state index contributed by atoms with van der Waals surface area (Å²) >= 11 is 0. The molecule has 2 amide bonds. The van der Waals surface area contributed by atoms with E-state index in [1.54, 1.807) is 4.90 Å². The summed E-state index contributed by atoms with van der Waals surface area (Å²) in [5, 5.41) is 31.3. The predicted octanol–water partition coefficient (Wildman–Crippen LogP) is 1.98. The quantitative estimate of drug-likeness (QED) is 0.614. The molecule has 0 aromatic heterocycles. The first-order chi connectivity index (χ1) is 12.8. The average molecular weight is 374 g/mol. The van der Waals surface area contributed by atoms with Gasteiger partial charge in [0.15, 0.2) is 17.2 Å². The number of amides is 2. The largest absolute Gasteiger partial charge is 0.504 e. The van der Waals surface area contributed by atoms with Crippen molar-refractivity contribution in [1.82, 2.24) is 10.2 Å². The normalized spacial score (nSPS) is 14.8. The summed E-state index contributed by atoms with van der Waals surface area (Å²) in [6.45, 7) is 0.769. The van der Waals surface area contributed by atoms with Crippen LogP contribution >= 0.6 is 0 Å². The molecule has 0 spiro atoms. The van der Waals surface area contributed by atoms with E-state index in [4.69, 9.17) is 0 Å². The minimum absolute atomic E-state index is 0.0663. The molecule has 1 aliphatic heterocycles. The molecular formula is C19H19FN2O5. The van der Waals surface area contributed by atoms with Gasteiger partial charge in [0.2, 0.25) is 0 Å². The van der Waals surface area contributed by atoms with Crippen LogP contribution in [-0.4, -0.2) is 51.2 Å². The zero-order chi connectivity index (χ0) is 19.6. The molecule has 1 heterocycles. The number of hydrogen-bond acceptors (Lipinski definition) is 5. The van der Waals surface area contributed by atoms with Gasteiger partial charge < -0.3 is 25.5 Å². The van der Waals surface area contributed by atoms with Crippen molar-refractivity contribution in [2.24, 2.45) is 0 Å². The SMILES string of the molecule is O=C(NC1CCN(C(=O)c2cc(O)c(O)c(O)c2)CC1)c1ccc(F)cc1. The summed E-state index contributed by atoms with van der Waals surface area (Å²) in [6.07, 6.45) is 1.07. The summed E-state index contributed by atoms with van der Waals surface area (Å²) in [6, 6.07) is 7.34. The van der Waals surface area contributed by atoms with Crippen molar-refractivity contribution < 1.29 is 29.3 Å². The third kappa shape index (κ3) is 4.11. The van der Waals surface area contributed by atoms with E-state index < -0.39 is 23.1 Å². The second-order valence-corrected chi connectivity index (χ2v) is 6.41. The van der Waals surface area contributed by atoms with Crippen LogP contribution in [0.25, 0.3) is 0 Å². The summed E-state index contributed by atoms with van der Waals surface area (Å²) in [4.78, 5) is 26.2. The molecule has 0 saturated carbocycles. The van der Waals surface area contributed by atoms with Gasteiger partial charge in [-0.1, -0.05) is 0 Å². The second-order valence-electron chi connectivity index (χ2n) is 6.41. The molecule has 1 fully saturated rings. The molecule has 4 N–H and O–H groups in total. The lowest BCUT2D eigenvalue weighted by atomic mass is 10.0. The summed E-state index contributed by atoms with van der Waals surface area (Å²) in [7, 11) is 0. The van der Waals surface area contributed by atoms with Gasteiger partial charge in [-0.05, 0) is 49.2 Å². The van der Waals surface area contributed by atoms with Gasteiger partial charge in [-0.3, -0.25) is 9.59 Å². The van der Waals surface area contributed by atoms with Gasteiger partial charge in [-0.2, -0.15) is 0 Å². The molecule has 0 radical (unpaired) electrons. The highest BCUT2D eigenvalue weighted by Gasteiger charge is 2.26. The molecule has 0 bridgehead atoms. The van der Waals surface area contributed by atoms with Crippen molar-refractivity contribution in [2.45, 2.75) is 18.9 Å². The van der Waals surface area contributed by atoms with E-state index in [1.807, 2.05) is 0 Å². The highest BCUT2D eigenvalue weighted by Crippen LogP contribution is 2.35. The Morgan fingerprint density at radius 2 is 1.52 bits per heavy atom. The maximum atomic E-state index is 12.9. The van der Waals surface area contributed by atoms with Crippen molar-refractivity contribution in [2.75, 3.05) is 13.1 Å². The molecule has 0 atom stereocenters. The van der Waals surface area contributed by atoms with Crippen molar-refractivity contribution in [3.05, 3.63) is 53.3 Å². The molecule has 7 nitrogen and oxygen atoms in total. The Hall–Kier alpha value is -3.29. The molecule has 1 saturated heterocycles. The number of rotatable bonds is 3. The van der Waals surface area contributed by atoms with Gasteiger partial charge in [0.05, 0.1) is 0 Å². The van der Waals surface area contributed by atoms with Crippen molar-refractivity contribution in [3.8, 4) is 17.2 Å². The third-order valence-corrected chi connectivity index (χ3v) is 4.54. The lowest BCUT2D eigenvalue weighted by Crippen LogP contribution is -2.46. The van der Waals surface area contributed by atoms with Crippen LogP contribution in [0.5, 0.6) is 17.2 Å². The zero-order valence-electron chi connectivity index (χ0n) is 14.4. The highest BCUT2D eigenvalue weighted by molar-refractivity contribution is 5.96. The Bertz CT molecular complexity index is 838. The smallest absolute Gasteiger partial charge is 0.254 e. The number of carbonyl (C=O) groups excluding carboxylic acids is 2. The van der Waals surface area contributed by atoms with Gasteiger partial charge in [0.25, 0.3) is 11.8 Å². The molecule has 3 rings (SSSR count). The molecule has 2 aromatic carbocycles. The van der Waals surface area contributed by atoms with Crippen LogP contribution in [0.3, 0.4) is 0 Å². The molecule has 2 aromatic rings. The minimum Gasteiger partial charge on any atom is -0.504 e. The Morgan fingerprint density at radius 1 is 0.963 bits per heavy atom. The first-order valence-electron chi connectivity index (χ1n) is 8.46. The Kier molecular flexibility index (Phi) is 5.16. The summed E-state index contributed by atoms with van der Waals surface area (Å²) < 4.78 is 12.9. The van der Waals surface area contributed by atoms with Gasteiger partial charge in [-0.25, -0.2) is 4.39 Å². The first kappa shape index (κ1) is 18.5. The van der Waals surface area contributed by atoms with Crippen LogP contribution in [0.4, 0.5) is 4.39 Å². The number of nitrogens with zero attached hydrogens (tertiary/aromatic N) is 1. The third-order valence-electron chi connectivity index (χ3n) is 4.54. The fraction of sp³-hybridized carbons (Fsp3) is 0.263. The van der Waals surface area contributed by atoms with Crippen molar-refractivity contribution in [3.63, 3.8) is 0 Å². The number of carbonyl (C=O) groups is 2. The van der Waals surface area contributed by atoms with Gasteiger partial charge >= 0.3 is 0 Å². The van der Waals surface area contributed by atoms with E-state index in [1.165, 1.54) is 24.3 Å². The zero-order valence-corrected chi connectivity index (χ0v) is 14.4. The van der Waals surface area contributed by atoms with Crippen LogP contribution in [0.2, 0.25) is 0 Å². The number of benzene rings is 2. The van der Waals surface area contributed by atoms with Crippen LogP contribution in [0, 0.1) is 5.82 Å². The Labute approximate surface area is 154 Å². The number of likely N-dealkylation sites (tertiary alicyclic amines) is 1. The van der Waals surface area contributed by atoms with E-state index >= 15 is 0 Å². The predicted molar refractivity (Wildman–Crippen MR) is 94.2 cm³/mol. The Morgan fingerprint density at radius 3 is 2.07 bits per heavy atom. The molecule has 0 unspecified atom stereocenters. The van der Waals surface area contributed by atoms with Gasteiger partial charge in [0.1, 0.15) is 5.82 Å². The lowest BCUT2D eigenvalue weighted by molar-refractivity contribution is 0.0697. The maximum absolute atomic E-state index is 12.9. The van der Waals surface area contributed by atoms with E-state index in [-0.39, 0.29) is 23.4 Å². The first-order valence-corrected chi connectivity index (χ1v) is 8.46. The number of phenols is 3. The standard InChI is InChI=1S/C19H19FN2O5/c20-13-3-1-11(2-4-13)18(26)21-14-5-7-22(8-6-14)19(27)12-9-15(23)17(25)16(24)10-12/h1-4,9-10,14,23-25H,5-8H2,(H,21,26). The highest BCUT2D eigenvalue weighted by atomic mass is 19.1. The molecule has 8 heteroatoms. The number of phenolic OH excluding ortho intramolecular Hbond substituents is 3. The fourth-order valence-corrected chi connectivity index (χ4v) is 3.01. The van der Waals surface area contributed by atoms with Crippen molar-refractivity contribution in [1.29, 1.82) is 0 Å². The molecule has 1 aliphatic rings. The fourth-order valence-electron chi connectivity index (χ4n) is 3.01. The summed E-state index contributed by atoms with van der Waals surface area (Å²) in [5.41, 5.74) is 0.432. The van der Waals surface area contributed by atoms with Gasteiger partial charge in [-0.15, -0.1) is 0 Å². The molecule has 0 aliphatic carbocycles. The van der Waals surface area contributed by atoms with Crippen LogP contribution in [-0.2, 0) is 0 Å². The van der Waals surface area contributed by atoms with E-state index in [0.29, 0.717) is 31.5 Å². The number of halogens is 1. The van der Waals surface area contributed by atoms with Crippen LogP contribution in [0.15, 0.2) is 36.4 Å². The van der Waals surface area contributed by atoms with E-state index in [9.17, 15) is 29.3 Å². The molecular weight excluding hydrogens is 355 g/mol. The number of nitrogens with one attached hydrogen (secondary N) is 1. The van der Waals surface area contributed by atoms with E-state index in [0.717, 1.165) is 12.1 Å². The molecule has 27 heavy (non-hydrogen) atoms. The monoisotopic (exact) mass is 374 g/mol. The topological polar surface area (TPSA) is 110 Å². The number of hydrogen-bond donors (Lipinski definition) is 4. The lowest BCUT2D eigenvalue weighted by Gasteiger charge is -2.32. The van der Waals surface area contributed by atoms with Crippen molar-refractivity contribution >= 4 is 11.8 Å². The Balaban J connectivity index is 1.57. The van der Waals surface area contributed by atoms with Crippen LogP contribution in [0.1, 0.15) is 33.6 Å². The second kappa shape index (κ2) is 7.53. The number of piperidine rings is 1.